The van der Waals surface area contributed by atoms with Crippen molar-refractivity contribution in [1.82, 2.24) is 9.29 Å². The van der Waals surface area contributed by atoms with Crippen molar-refractivity contribution in [3.05, 3.63) is 45.4 Å². The molecule has 0 saturated carbocycles. The van der Waals surface area contributed by atoms with Gasteiger partial charge in [-0.2, -0.15) is 4.31 Å². The molecule has 114 valence electrons. The highest BCUT2D eigenvalue weighted by atomic mass is 32.2. The number of nitrogens with zero attached hydrogens (tertiary/aromatic N) is 2. The van der Waals surface area contributed by atoms with Crippen molar-refractivity contribution in [2.75, 3.05) is 7.05 Å². The zero-order valence-electron chi connectivity index (χ0n) is 12.2. The van der Waals surface area contributed by atoms with Gasteiger partial charge < -0.3 is 5.11 Å². The molecule has 1 heterocycles. The molecule has 0 aliphatic carbocycles. The molecule has 1 aromatic carbocycles. The highest BCUT2D eigenvalue weighted by Crippen LogP contribution is 2.24. The molecule has 1 N–H and O–H groups in total. The lowest BCUT2D eigenvalue weighted by atomic mass is 10.1. The average Bonchev–Trinajstić information content (AvgIpc) is 2.94. The van der Waals surface area contributed by atoms with E-state index in [1.165, 1.54) is 28.8 Å². The van der Waals surface area contributed by atoms with Crippen LogP contribution in [0.15, 0.2) is 27.9 Å². The number of aliphatic hydroxyl groups is 1. The normalized spacial score (nSPS) is 12.0. The average molecular weight is 326 g/mol. The maximum Gasteiger partial charge on any atom is 0.243 e. The fourth-order valence-electron chi connectivity index (χ4n) is 2.05. The summed E-state index contributed by atoms with van der Waals surface area (Å²) in [5.41, 5.74) is 4.55. The van der Waals surface area contributed by atoms with E-state index in [2.05, 4.69) is 4.98 Å². The van der Waals surface area contributed by atoms with Crippen LogP contribution in [-0.2, 0) is 23.2 Å². The molecular formula is C14H18N2O3S2. The summed E-state index contributed by atoms with van der Waals surface area (Å²) in [6.45, 7) is 3.67. The lowest BCUT2D eigenvalue weighted by Gasteiger charge is -2.19. The van der Waals surface area contributed by atoms with E-state index in [0.717, 1.165) is 11.3 Å². The van der Waals surface area contributed by atoms with Gasteiger partial charge >= 0.3 is 0 Å². The number of hydrogen-bond donors (Lipinski definition) is 1. The van der Waals surface area contributed by atoms with Crippen LogP contribution in [0.25, 0.3) is 0 Å². The zero-order valence-corrected chi connectivity index (χ0v) is 13.8. The van der Waals surface area contributed by atoms with Gasteiger partial charge in [-0.15, -0.1) is 11.3 Å². The van der Waals surface area contributed by atoms with Crippen molar-refractivity contribution in [1.29, 1.82) is 0 Å². The van der Waals surface area contributed by atoms with Gasteiger partial charge in [-0.05, 0) is 36.6 Å². The third-order valence-corrected chi connectivity index (χ3v) is 5.98. The van der Waals surface area contributed by atoms with Gasteiger partial charge in [0.2, 0.25) is 10.0 Å². The van der Waals surface area contributed by atoms with Crippen molar-refractivity contribution in [3.8, 4) is 0 Å². The van der Waals surface area contributed by atoms with E-state index in [0.29, 0.717) is 11.1 Å². The summed E-state index contributed by atoms with van der Waals surface area (Å²) in [4.78, 5) is 4.35. The fraction of sp³-hybridized carbons (Fsp3) is 0.357. The molecule has 1 aromatic heterocycles. The van der Waals surface area contributed by atoms with Crippen LogP contribution < -0.4 is 0 Å². The second-order valence-electron chi connectivity index (χ2n) is 4.93. The first-order valence-corrected chi connectivity index (χ1v) is 8.79. The predicted octanol–water partition coefficient (Wildman–Crippen LogP) is 2.07. The third kappa shape index (κ3) is 3.32. The first kappa shape index (κ1) is 16.1. The summed E-state index contributed by atoms with van der Waals surface area (Å²) in [6.07, 6.45) is 0. The Balaban J connectivity index is 2.41. The zero-order chi connectivity index (χ0) is 15.6. The number of aliphatic hydroxyl groups excluding tert-OH is 1. The summed E-state index contributed by atoms with van der Waals surface area (Å²) < 4.78 is 26.7. The third-order valence-electron chi connectivity index (χ3n) is 3.42. The SMILES string of the molecule is Cc1cc(CO)cc(S(=O)(=O)N(C)Cc2cscn2)c1C. The topological polar surface area (TPSA) is 70.5 Å². The molecule has 0 unspecified atom stereocenters. The summed E-state index contributed by atoms with van der Waals surface area (Å²) >= 11 is 1.43. The Morgan fingerprint density at radius 3 is 2.62 bits per heavy atom. The Morgan fingerprint density at radius 1 is 1.33 bits per heavy atom. The van der Waals surface area contributed by atoms with Crippen LogP contribution >= 0.6 is 11.3 Å². The number of rotatable bonds is 5. The molecule has 0 spiro atoms. The first-order valence-electron chi connectivity index (χ1n) is 6.40. The fourth-order valence-corrected chi connectivity index (χ4v) is 4.09. The Bertz CT molecular complexity index is 725. The predicted molar refractivity (Wildman–Crippen MR) is 82.6 cm³/mol. The number of aryl methyl sites for hydroxylation is 1. The molecule has 7 heteroatoms. The molecule has 5 nitrogen and oxygen atoms in total. The number of thiazole rings is 1. The van der Waals surface area contributed by atoms with Crippen LogP contribution in [0.1, 0.15) is 22.4 Å². The van der Waals surface area contributed by atoms with Crippen LogP contribution in [0, 0.1) is 13.8 Å². The first-order chi connectivity index (χ1) is 9.86. The summed E-state index contributed by atoms with van der Waals surface area (Å²) in [6, 6.07) is 3.34. The molecule has 2 aromatic rings. The summed E-state index contributed by atoms with van der Waals surface area (Å²) in [7, 11) is -2.08. The molecule has 0 radical (unpaired) electrons. The Kier molecular flexibility index (Phi) is 4.77. The molecule has 0 atom stereocenters. The second kappa shape index (κ2) is 6.23. The van der Waals surface area contributed by atoms with Crippen LogP contribution in [0.3, 0.4) is 0 Å². The lowest BCUT2D eigenvalue weighted by Crippen LogP contribution is -2.27. The van der Waals surface area contributed by atoms with Gasteiger partial charge in [-0.3, -0.25) is 0 Å². The minimum atomic E-state index is -3.61. The molecule has 0 amide bonds. The lowest BCUT2D eigenvalue weighted by molar-refractivity contribution is 0.281. The Labute approximate surface area is 128 Å². The number of hydrogen-bond acceptors (Lipinski definition) is 5. The molecule has 0 aliphatic heterocycles. The number of benzene rings is 1. The van der Waals surface area contributed by atoms with E-state index in [-0.39, 0.29) is 18.0 Å². The van der Waals surface area contributed by atoms with Gasteiger partial charge in [-0.1, -0.05) is 6.07 Å². The van der Waals surface area contributed by atoms with Crippen molar-refractivity contribution in [2.45, 2.75) is 31.9 Å². The largest absolute Gasteiger partial charge is 0.392 e. The van der Waals surface area contributed by atoms with Crippen molar-refractivity contribution < 1.29 is 13.5 Å². The maximum absolute atomic E-state index is 12.7. The number of aromatic nitrogens is 1. The Hall–Kier alpha value is -1.28. The summed E-state index contributed by atoms with van der Waals surface area (Å²) in [5, 5.41) is 11.1. The molecular weight excluding hydrogens is 308 g/mol. The van der Waals surface area contributed by atoms with Crippen molar-refractivity contribution in [3.63, 3.8) is 0 Å². The highest BCUT2D eigenvalue weighted by molar-refractivity contribution is 7.89. The smallest absolute Gasteiger partial charge is 0.243 e. The van der Waals surface area contributed by atoms with Gasteiger partial charge in [0.15, 0.2) is 0 Å². The van der Waals surface area contributed by atoms with Crippen molar-refractivity contribution >= 4 is 21.4 Å². The Morgan fingerprint density at radius 2 is 2.05 bits per heavy atom. The van der Waals surface area contributed by atoms with E-state index in [9.17, 15) is 13.5 Å². The van der Waals surface area contributed by atoms with E-state index in [1.54, 1.807) is 18.5 Å². The quantitative estimate of drug-likeness (QED) is 0.913. The van der Waals surface area contributed by atoms with Crippen LogP contribution in [0.5, 0.6) is 0 Å². The molecule has 2 rings (SSSR count). The maximum atomic E-state index is 12.7. The minimum Gasteiger partial charge on any atom is -0.392 e. The van der Waals surface area contributed by atoms with Crippen molar-refractivity contribution in [2.24, 2.45) is 0 Å². The second-order valence-corrected chi connectivity index (χ2v) is 7.67. The standard InChI is InChI=1S/C14H18N2O3S2/c1-10-4-12(7-17)5-14(11(10)2)21(18,19)16(3)6-13-8-20-9-15-13/h4-5,8-9,17H,6-7H2,1-3H3. The highest BCUT2D eigenvalue weighted by Gasteiger charge is 2.24. The molecule has 0 aliphatic rings. The van der Waals surface area contributed by atoms with E-state index in [1.807, 2.05) is 12.3 Å². The van der Waals surface area contributed by atoms with Gasteiger partial charge in [-0.25, -0.2) is 13.4 Å². The van der Waals surface area contributed by atoms with E-state index >= 15 is 0 Å². The summed E-state index contributed by atoms with van der Waals surface area (Å²) in [5.74, 6) is 0. The van der Waals surface area contributed by atoms with Crippen LogP contribution in [0.2, 0.25) is 0 Å². The number of sulfonamides is 1. The van der Waals surface area contributed by atoms with Gasteiger partial charge in [0.25, 0.3) is 0 Å². The monoisotopic (exact) mass is 326 g/mol. The minimum absolute atomic E-state index is 0.181. The van der Waals surface area contributed by atoms with Gasteiger partial charge in [0.1, 0.15) is 0 Å². The van der Waals surface area contributed by atoms with E-state index < -0.39 is 10.0 Å². The van der Waals surface area contributed by atoms with Crippen LogP contribution in [-0.4, -0.2) is 29.9 Å². The molecule has 0 saturated heterocycles. The van der Waals surface area contributed by atoms with Crippen LogP contribution in [0.4, 0.5) is 0 Å². The molecule has 21 heavy (non-hydrogen) atoms. The van der Waals surface area contributed by atoms with E-state index in [4.69, 9.17) is 0 Å². The molecule has 0 fully saturated rings. The molecule has 0 bridgehead atoms. The van der Waals surface area contributed by atoms with Gasteiger partial charge in [0, 0.05) is 12.4 Å². The van der Waals surface area contributed by atoms with Gasteiger partial charge in [0.05, 0.1) is 29.3 Å².